The number of rotatable bonds is 18. The molecule has 9 aromatic carbocycles. The number of aromatic amines is 6. The van der Waals surface area contributed by atoms with Gasteiger partial charge >= 0.3 is 19.8 Å². The zero-order valence-corrected chi connectivity index (χ0v) is 75.5. The second kappa shape index (κ2) is 44.6. The highest BCUT2D eigenvalue weighted by Gasteiger charge is 2.19. The van der Waals surface area contributed by atoms with E-state index in [4.69, 9.17) is 27.5 Å². The third-order valence-electron chi connectivity index (χ3n) is 20.3. The van der Waals surface area contributed by atoms with Gasteiger partial charge in [-0.2, -0.15) is 26.3 Å². The van der Waals surface area contributed by atoms with E-state index < -0.39 is 19.8 Å². The third kappa shape index (κ3) is 25.4. The SMILES string of the molecule is CC(C)c1cc2c(OC(F)F)cccc2[nH]1.CC(C)c1cc2c(OC(F)F)cccc2o1.CC(C)c1cc2ccccc2[nH]1.CC(C)c1cc2ccccc2o1.CC(C)c1nc2c(OC(F)F)cccc2[nH]1.CC(C)c1nc2ccccc2[nH]1.COc1cccc2[nH]c(C(C)C)cc12.COc1cccc2[nH]c(C(C)C)nc12.COc1cccc2oc(C(C)C)cc12. The Morgan fingerprint density at radius 1 is 0.254 bits per heavy atom. The Labute approximate surface area is 731 Å². The molecule has 0 saturated carbocycles. The van der Waals surface area contributed by atoms with E-state index in [1.165, 1.54) is 45.2 Å². The molecule has 18 aromatic rings. The number of fused-ring (bicyclic) bond motifs is 9. The molecule has 9 aromatic heterocycles. The van der Waals surface area contributed by atoms with Crippen molar-refractivity contribution in [3.8, 4) is 34.5 Å². The first kappa shape index (κ1) is 95.2. The lowest BCUT2D eigenvalue weighted by Crippen LogP contribution is -2.02. The molecule has 18 rings (SSSR count). The summed E-state index contributed by atoms with van der Waals surface area (Å²) in [5.74, 6) is 12.4. The fraction of sp³-hybridized carbons (Fsp3) is 0.324. The lowest BCUT2D eigenvalue weighted by atomic mass is 10.1. The van der Waals surface area contributed by atoms with Crippen LogP contribution in [0.4, 0.5) is 26.3 Å². The highest BCUT2D eigenvalue weighted by atomic mass is 19.3. The number of aromatic nitrogens is 9. The van der Waals surface area contributed by atoms with E-state index in [1.54, 1.807) is 63.8 Å². The molecule has 24 heteroatoms. The molecule has 0 fully saturated rings. The van der Waals surface area contributed by atoms with Gasteiger partial charge in [0.15, 0.2) is 5.75 Å². The molecule has 666 valence electrons. The van der Waals surface area contributed by atoms with Gasteiger partial charge in [-0.15, -0.1) is 0 Å². The topological polar surface area (TPSA) is 228 Å². The van der Waals surface area contributed by atoms with Crippen molar-refractivity contribution < 1.29 is 68.0 Å². The number of benzene rings is 9. The minimum atomic E-state index is -2.83. The van der Waals surface area contributed by atoms with Crippen molar-refractivity contribution in [3.05, 3.63) is 270 Å². The fourth-order valence-corrected chi connectivity index (χ4v) is 13.2. The smallest absolute Gasteiger partial charge is 0.387 e. The van der Waals surface area contributed by atoms with Crippen molar-refractivity contribution in [2.45, 2.75) is 198 Å². The fourth-order valence-electron chi connectivity index (χ4n) is 13.2. The molecular weight excluding hydrogens is 1610 g/mol. The number of alkyl halides is 6. The third-order valence-corrected chi connectivity index (χ3v) is 20.3. The van der Waals surface area contributed by atoms with E-state index in [0.717, 1.165) is 107 Å². The van der Waals surface area contributed by atoms with Gasteiger partial charge < -0.3 is 71.6 Å². The number of nitrogens with zero attached hydrogens (tertiary/aromatic N) is 3. The molecule has 0 saturated heterocycles. The minimum absolute atomic E-state index is 0.107. The number of H-pyrrole nitrogens is 6. The summed E-state index contributed by atoms with van der Waals surface area (Å²) in [5.41, 5.74) is 14.5. The van der Waals surface area contributed by atoms with E-state index in [1.807, 2.05) is 145 Å². The van der Waals surface area contributed by atoms with E-state index in [0.29, 0.717) is 68.8 Å². The normalized spacial score (nSPS) is 11.4. The van der Waals surface area contributed by atoms with Crippen molar-refractivity contribution in [2.75, 3.05) is 21.3 Å². The maximum atomic E-state index is 12.2. The molecule has 0 aliphatic carbocycles. The van der Waals surface area contributed by atoms with Gasteiger partial charge in [0.05, 0.1) is 54.2 Å². The first-order chi connectivity index (χ1) is 60.2. The van der Waals surface area contributed by atoms with Crippen LogP contribution in [0, 0.1) is 0 Å². The molecule has 0 atom stereocenters. The van der Waals surface area contributed by atoms with Gasteiger partial charge in [-0.05, 0) is 157 Å². The van der Waals surface area contributed by atoms with Crippen LogP contribution in [0.5, 0.6) is 34.5 Å². The summed E-state index contributed by atoms with van der Waals surface area (Å²) in [6.07, 6.45) is 0. The van der Waals surface area contributed by atoms with Crippen LogP contribution >= 0.6 is 0 Å². The Hall–Kier alpha value is -13.0. The van der Waals surface area contributed by atoms with Crippen LogP contribution in [0.3, 0.4) is 0 Å². The summed E-state index contributed by atoms with van der Waals surface area (Å²) in [4.78, 5) is 32.8. The first-order valence-corrected chi connectivity index (χ1v) is 42.4. The van der Waals surface area contributed by atoms with Crippen LogP contribution < -0.4 is 28.4 Å². The molecule has 0 unspecified atom stereocenters. The van der Waals surface area contributed by atoms with Gasteiger partial charge in [0.2, 0.25) is 0 Å². The molecule has 126 heavy (non-hydrogen) atoms. The molecule has 0 bridgehead atoms. The lowest BCUT2D eigenvalue weighted by molar-refractivity contribution is -0.0495. The molecule has 0 aliphatic rings. The van der Waals surface area contributed by atoms with Crippen molar-refractivity contribution >= 4 is 98.7 Å². The number of ether oxygens (including phenoxy) is 6. The largest absolute Gasteiger partial charge is 0.496 e. The van der Waals surface area contributed by atoms with Crippen molar-refractivity contribution in [1.29, 1.82) is 0 Å². The van der Waals surface area contributed by atoms with Gasteiger partial charge in [-0.3, -0.25) is 0 Å². The van der Waals surface area contributed by atoms with Crippen molar-refractivity contribution in [2.24, 2.45) is 0 Å². The second-order valence-electron chi connectivity index (χ2n) is 32.8. The Morgan fingerprint density at radius 3 is 1.03 bits per heavy atom. The summed E-state index contributed by atoms with van der Waals surface area (Å²) < 4.78 is 119. The summed E-state index contributed by atoms with van der Waals surface area (Å²) in [6, 6.07) is 69.4. The second-order valence-corrected chi connectivity index (χ2v) is 32.8. The number of methoxy groups -OCH3 is 3. The minimum Gasteiger partial charge on any atom is -0.496 e. The number of hydrogen-bond donors (Lipinski definition) is 6. The summed E-state index contributed by atoms with van der Waals surface area (Å²) in [6.45, 7) is 29.3. The molecule has 18 nitrogen and oxygen atoms in total. The number of furan rings is 3. The van der Waals surface area contributed by atoms with Crippen LogP contribution in [0.1, 0.15) is 230 Å². The number of imidazole rings is 3. The Kier molecular flexibility index (Phi) is 33.7. The van der Waals surface area contributed by atoms with E-state index in [2.05, 4.69) is 203 Å². The van der Waals surface area contributed by atoms with Crippen molar-refractivity contribution in [1.82, 2.24) is 44.9 Å². The quantitative estimate of drug-likeness (QED) is 0.0441. The zero-order chi connectivity index (χ0) is 91.2. The maximum absolute atomic E-state index is 12.2. The molecular formula is C102H117F6N9O9. The Morgan fingerprint density at radius 2 is 0.579 bits per heavy atom. The van der Waals surface area contributed by atoms with E-state index in [-0.39, 0.29) is 29.1 Å². The van der Waals surface area contributed by atoms with E-state index in [9.17, 15) is 26.3 Å². The molecule has 0 spiro atoms. The Balaban J connectivity index is 0.000000148. The van der Waals surface area contributed by atoms with Gasteiger partial charge in [0.1, 0.15) is 91.3 Å². The van der Waals surface area contributed by atoms with Gasteiger partial charge in [0, 0.05) is 85.3 Å². The number of hydrogen-bond acceptors (Lipinski definition) is 12. The summed E-state index contributed by atoms with van der Waals surface area (Å²) in [5, 5.41) is 6.01. The summed E-state index contributed by atoms with van der Waals surface area (Å²) >= 11 is 0. The average Bonchev–Trinajstić information content (AvgIpc) is 1.67. The van der Waals surface area contributed by atoms with E-state index >= 15 is 0 Å². The van der Waals surface area contributed by atoms with Gasteiger partial charge in [-0.25, -0.2) is 15.0 Å². The lowest BCUT2D eigenvalue weighted by Gasteiger charge is -2.04. The van der Waals surface area contributed by atoms with Crippen LogP contribution in [-0.2, 0) is 0 Å². The maximum Gasteiger partial charge on any atom is 0.387 e. The van der Waals surface area contributed by atoms with Gasteiger partial charge in [-0.1, -0.05) is 210 Å². The molecule has 6 N–H and O–H groups in total. The Bertz CT molecular complexity index is 5700. The first-order valence-electron chi connectivity index (χ1n) is 42.4. The van der Waals surface area contributed by atoms with Crippen molar-refractivity contribution in [3.63, 3.8) is 0 Å². The molecule has 0 amide bonds. The van der Waals surface area contributed by atoms with Crippen LogP contribution in [0.25, 0.3) is 98.7 Å². The van der Waals surface area contributed by atoms with Crippen LogP contribution in [0.2, 0.25) is 0 Å². The zero-order valence-electron chi connectivity index (χ0n) is 75.5. The predicted octanol–water partition coefficient (Wildman–Crippen LogP) is 30.4. The number of halogens is 6. The number of para-hydroxylation sites is 6. The number of nitrogens with one attached hydrogen (secondary N) is 6. The van der Waals surface area contributed by atoms with Crippen LogP contribution in [-0.4, -0.2) is 86.0 Å². The standard InChI is InChI=1S/C12H13F2NO.C12H12F2O2.C12H15NO.C12H14O2.C11H12F2N2O.C11H14N2O.C11H13N.C11H12O.C10H12N2/c1-7(2)10-6-8-9(15-10)4-3-5-11(8)16-12(13)14;1-7(2)11-6-8-9(15-11)4-3-5-10(8)16-12(13)14;1-8(2)11-7-9-10(13-11)5-4-6-12(9)14-3;1-8(2)12-7-9-10(13-3)5-4-6-11(9)14-12;1-6(2)10-14-7-4-3-5-8(9(7)15-10)16-11(12)13;1-7(2)11-12-8-5-4-6-9(14-3)10(8)13-11;2*1-8(2)11-7-9-5-3-4-6-10(9)12-11;1-7(2)10-11-8-5-3-4-6-9(8)12-10/h3-7,12,15H,1-2H3;3-7,12H,1-2H3;4-8,13H,1-3H3;4-8H,1-3H3;3-6,11H,1-2H3,(H,14,15);4-7H,1-3H3,(H,12,13);3-8,12H,1-2H3;3-8H,1-2H3;3-7H,1-2H3,(H,11,12). The van der Waals surface area contributed by atoms with Gasteiger partial charge in [0.25, 0.3) is 0 Å². The molecule has 0 radical (unpaired) electrons. The average molecular weight is 1730 g/mol. The predicted molar refractivity (Wildman–Crippen MR) is 498 cm³/mol. The van der Waals surface area contributed by atoms with Crippen LogP contribution in [0.15, 0.2) is 232 Å². The monoisotopic (exact) mass is 1730 g/mol. The highest BCUT2D eigenvalue weighted by Crippen LogP contribution is 2.37. The summed E-state index contributed by atoms with van der Waals surface area (Å²) in [7, 11) is 5.05. The molecule has 0 aliphatic heterocycles. The highest BCUT2D eigenvalue weighted by molar-refractivity contribution is 5.90. The molecule has 9 heterocycles.